The first kappa shape index (κ1) is 27.2. The number of hydrogen-bond donors (Lipinski definition) is 0. The van der Waals surface area contributed by atoms with Crippen LogP contribution in [0.1, 0.15) is 0 Å². The summed E-state index contributed by atoms with van der Waals surface area (Å²) in [4.78, 5) is 11.2. The summed E-state index contributed by atoms with van der Waals surface area (Å²) in [5.41, 5.74) is 13.1. The van der Waals surface area contributed by atoms with E-state index in [2.05, 4.69) is 179 Å². The zero-order chi connectivity index (χ0) is 32.8. The molecule has 10 aromatic rings. The quantitative estimate of drug-likeness (QED) is 0.193. The molecule has 7 aromatic carbocycles. The van der Waals surface area contributed by atoms with Gasteiger partial charge in [-0.2, -0.15) is 0 Å². The van der Waals surface area contributed by atoms with Gasteiger partial charge in [0.2, 0.25) is 0 Å². The van der Waals surface area contributed by atoms with E-state index in [0.29, 0.717) is 5.82 Å². The second-order valence-electron chi connectivity index (χ2n) is 12.9. The molecule has 1 aliphatic heterocycles. The van der Waals surface area contributed by atoms with Crippen molar-refractivity contribution in [2.45, 2.75) is 0 Å². The van der Waals surface area contributed by atoms with E-state index in [-0.39, 0.29) is 0 Å². The van der Waals surface area contributed by atoms with E-state index < -0.39 is 0 Å². The van der Waals surface area contributed by atoms with Crippen LogP contribution in [0.15, 0.2) is 170 Å². The van der Waals surface area contributed by atoms with Gasteiger partial charge < -0.3 is 4.57 Å². The molecule has 0 N–H and O–H groups in total. The second kappa shape index (κ2) is 10.4. The highest BCUT2D eigenvalue weighted by Crippen LogP contribution is 2.49. The highest BCUT2D eigenvalue weighted by molar-refractivity contribution is 6.17. The largest absolute Gasteiger partial charge is 0.309 e. The summed E-state index contributed by atoms with van der Waals surface area (Å²) in [5.74, 6) is 1.57. The molecule has 0 radical (unpaired) electrons. The Hall–Kier alpha value is -6.78. The lowest BCUT2D eigenvalue weighted by Gasteiger charge is -2.19. The fourth-order valence-electron chi connectivity index (χ4n) is 8.22. The van der Waals surface area contributed by atoms with Gasteiger partial charge in [0.05, 0.1) is 39.0 Å². The van der Waals surface area contributed by atoms with Gasteiger partial charge in [0.1, 0.15) is 5.82 Å². The molecule has 11 rings (SSSR count). The van der Waals surface area contributed by atoms with Crippen molar-refractivity contribution in [3.05, 3.63) is 170 Å². The lowest BCUT2D eigenvalue weighted by atomic mass is 9.92. The Morgan fingerprint density at radius 3 is 1.60 bits per heavy atom. The van der Waals surface area contributed by atoms with Gasteiger partial charge in [-0.1, -0.05) is 140 Å². The van der Waals surface area contributed by atoms with Gasteiger partial charge in [0.15, 0.2) is 5.82 Å². The van der Waals surface area contributed by atoms with Crippen molar-refractivity contribution in [2.75, 3.05) is 0 Å². The summed E-state index contributed by atoms with van der Waals surface area (Å²) in [6.07, 6.45) is 0. The maximum absolute atomic E-state index is 5.64. The predicted molar refractivity (Wildman–Crippen MR) is 206 cm³/mol. The topological polar surface area (TPSA) is 35.6 Å². The van der Waals surface area contributed by atoms with E-state index in [1.54, 1.807) is 0 Å². The minimum absolute atomic E-state index is 0.683. The number of para-hydroxylation sites is 5. The highest BCUT2D eigenvalue weighted by atomic mass is 15.1. The minimum Gasteiger partial charge on any atom is -0.309 e. The average molecular weight is 637 g/mol. The average Bonchev–Trinajstić information content (AvgIpc) is 3.67. The van der Waals surface area contributed by atoms with Gasteiger partial charge in [-0.3, -0.25) is 4.57 Å². The Labute approximate surface area is 288 Å². The monoisotopic (exact) mass is 636 g/mol. The van der Waals surface area contributed by atoms with Crippen molar-refractivity contribution < 1.29 is 0 Å². The molecule has 0 bridgehead atoms. The van der Waals surface area contributed by atoms with Gasteiger partial charge in [-0.15, -0.1) is 0 Å². The van der Waals surface area contributed by atoms with E-state index in [1.807, 2.05) is 0 Å². The molecular weight excluding hydrogens is 609 g/mol. The number of benzene rings is 7. The van der Waals surface area contributed by atoms with Gasteiger partial charge in [-0.05, 0) is 41.5 Å². The summed E-state index contributed by atoms with van der Waals surface area (Å²) in [6, 6.07) is 60.5. The van der Waals surface area contributed by atoms with Crippen LogP contribution in [0.2, 0.25) is 0 Å². The maximum Gasteiger partial charge on any atom is 0.164 e. The van der Waals surface area contributed by atoms with Crippen LogP contribution in [0, 0.1) is 0 Å². The molecule has 4 heterocycles. The van der Waals surface area contributed by atoms with Crippen molar-refractivity contribution >= 4 is 43.6 Å². The van der Waals surface area contributed by atoms with Crippen molar-refractivity contribution in [3.8, 4) is 56.4 Å². The first-order valence-corrected chi connectivity index (χ1v) is 17.0. The first-order chi connectivity index (χ1) is 24.8. The van der Waals surface area contributed by atoms with Gasteiger partial charge in [0, 0.05) is 38.2 Å². The third-order valence-corrected chi connectivity index (χ3v) is 10.3. The van der Waals surface area contributed by atoms with E-state index >= 15 is 0 Å². The molecule has 0 aliphatic carbocycles. The smallest absolute Gasteiger partial charge is 0.164 e. The fourth-order valence-corrected chi connectivity index (χ4v) is 8.22. The summed E-state index contributed by atoms with van der Waals surface area (Å²) in [5, 5.41) is 4.87. The molecule has 0 saturated heterocycles. The molecule has 0 atom stereocenters. The molecule has 3 aromatic heterocycles. The number of rotatable bonds is 3. The zero-order valence-electron chi connectivity index (χ0n) is 27.0. The molecular formula is C46H28N4. The molecule has 4 nitrogen and oxygen atoms in total. The number of nitrogens with zero attached hydrogens (tertiary/aromatic N) is 4. The lowest BCUT2D eigenvalue weighted by Crippen LogP contribution is -2.07. The molecule has 0 unspecified atom stereocenters. The van der Waals surface area contributed by atoms with Gasteiger partial charge in [-0.25, -0.2) is 9.97 Å². The summed E-state index contributed by atoms with van der Waals surface area (Å²) >= 11 is 0. The highest BCUT2D eigenvalue weighted by Gasteiger charge is 2.29. The van der Waals surface area contributed by atoms with E-state index in [9.17, 15) is 0 Å². The summed E-state index contributed by atoms with van der Waals surface area (Å²) in [6.45, 7) is 0. The Kier molecular flexibility index (Phi) is 5.63. The zero-order valence-corrected chi connectivity index (χ0v) is 27.0. The predicted octanol–water partition coefficient (Wildman–Crippen LogP) is 11.7. The van der Waals surface area contributed by atoms with Crippen LogP contribution in [0.5, 0.6) is 0 Å². The number of hydrogen-bond acceptors (Lipinski definition) is 2. The summed E-state index contributed by atoms with van der Waals surface area (Å²) < 4.78 is 4.75. The van der Waals surface area contributed by atoms with Crippen molar-refractivity contribution in [1.29, 1.82) is 0 Å². The third-order valence-electron chi connectivity index (χ3n) is 10.3. The van der Waals surface area contributed by atoms with E-state index in [4.69, 9.17) is 9.97 Å². The van der Waals surface area contributed by atoms with Gasteiger partial charge >= 0.3 is 0 Å². The van der Waals surface area contributed by atoms with Crippen LogP contribution in [0.25, 0.3) is 100 Å². The fraction of sp³-hybridized carbons (Fsp3) is 0. The van der Waals surface area contributed by atoms with Crippen LogP contribution in [0.4, 0.5) is 0 Å². The normalized spacial score (nSPS) is 12.0. The summed E-state index contributed by atoms with van der Waals surface area (Å²) in [7, 11) is 0. The molecule has 50 heavy (non-hydrogen) atoms. The second-order valence-corrected chi connectivity index (χ2v) is 12.9. The van der Waals surface area contributed by atoms with Crippen molar-refractivity contribution in [1.82, 2.24) is 19.1 Å². The Morgan fingerprint density at radius 2 is 0.880 bits per heavy atom. The molecule has 0 spiro atoms. The van der Waals surface area contributed by atoms with Crippen molar-refractivity contribution in [3.63, 3.8) is 0 Å². The van der Waals surface area contributed by atoms with Crippen LogP contribution in [-0.2, 0) is 0 Å². The molecule has 0 fully saturated rings. The van der Waals surface area contributed by atoms with E-state index in [1.165, 1.54) is 38.2 Å². The van der Waals surface area contributed by atoms with Crippen LogP contribution >= 0.6 is 0 Å². The third kappa shape index (κ3) is 3.70. The minimum atomic E-state index is 0.683. The number of fused-ring (bicyclic) bond motifs is 11. The Balaban J connectivity index is 1.31. The molecule has 0 saturated carbocycles. The lowest BCUT2D eigenvalue weighted by molar-refractivity contribution is 1.05. The molecule has 232 valence electrons. The molecule has 4 heteroatoms. The Morgan fingerprint density at radius 1 is 0.360 bits per heavy atom. The first-order valence-electron chi connectivity index (χ1n) is 17.0. The maximum atomic E-state index is 5.64. The van der Waals surface area contributed by atoms with Crippen LogP contribution in [0.3, 0.4) is 0 Å². The molecule has 0 amide bonds. The number of aromatic nitrogens is 4. The van der Waals surface area contributed by atoms with Gasteiger partial charge in [0.25, 0.3) is 0 Å². The molecule has 1 aliphatic rings. The SMILES string of the molecule is c1ccc(-c2nc(-c3ccccc3-n3c4ccccc4c4ccccc43)nc3c2-c2ccccc2-c2cccc4c5ccccc5n-3c24)cc1. The van der Waals surface area contributed by atoms with Crippen LogP contribution in [-0.4, -0.2) is 19.1 Å². The Bertz CT molecular complexity index is 2930. The van der Waals surface area contributed by atoms with Crippen molar-refractivity contribution in [2.24, 2.45) is 0 Å². The standard InChI is InChI=1S/C46H28N4/c1-2-15-29(16-3-1)43-42-34-21-5-4-17-30(34)35-23-14-24-36-33-20-8-12-27-40(33)50(44(35)36)46(42)48-45(47-43)37-22-9-13-28-41(37)49-38-25-10-6-18-31(38)32-19-7-11-26-39(32)49/h1-28H. The van der Waals surface area contributed by atoms with E-state index in [0.717, 1.165) is 56.0 Å². The van der Waals surface area contributed by atoms with Crippen LogP contribution < -0.4 is 0 Å².